The number of ether oxygens (including phenoxy) is 1. The van der Waals surface area contributed by atoms with Gasteiger partial charge in [0.15, 0.2) is 0 Å². The van der Waals surface area contributed by atoms with Crippen LogP contribution in [0.1, 0.15) is 22.5 Å². The van der Waals surface area contributed by atoms with Crippen molar-refractivity contribution in [3.63, 3.8) is 0 Å². The highest BCUT2D eigenvalue weighted by atomic mass is 19.1. The number of methoxy groups -OCH3 is 1. The third-order valence-electron chi connectivity index (χ3n) is 3.32. The molecule has 1 aromatic carbocycles. The summed E-state index contributed by atoms with van der Waals surface area (Å²) >= 11 is 0. The van der Waals surface area contributed by atoms with Crippen molar-refractivity contribution < 1.29 is 13.9 Å². The molecule has 0 unspecified atom stereocenters. The Balaban J connectivity index is 2.34. The van der Waals surface area contributed by atoms with Crippen molar-refractivity contribution in [1.82, 2.24) is 9.88 Å². The maximum atomic E-state index is 13.3. The Bertz CT molecular complexity index is 653. The lowest BCUT2D eigenvalue weighted by Gasteiger charge is -2.18. The number of halogens is 1. The van der Waals surface area contributed by atoms with E-state index < -0.39 is 0 Å². The summed E-state index contributed by atoms with van der Waals surface area (Å²) in [7, 11) is 3.39. The molecule has 21 heavy (non-hydrogen) atoms. The molecule has 0 aliphatic carbocycles. The molecule has 0 aliphatic rings. The van der Waals surface area contributed by atoms with Gasteiger partial charge >= 0.3 is 0 Å². The highest BCUT2D eigenvalue weighted by Gasteiger charge is 2.16. The molecule has 0 fully saturated rings. The molecule has 112 valence electrons. The Morgan fingerprint density at radius 1 is 1.38 bits per heavy atom. The topological polar surface area (TPSA) is 42.4 Å². The second kappa shape index (κ2) is 6.63. The van der Waals surface area contributed by atoms with E-state index in [2.05, 4.69) is 4.98 Å². The molecule has 1 aromatic heterocycles. The zero-order valence-corrected chi connectivity index (χ0v) is 12.5. The Morgan fingerprint density at radius 3 is 2.86 bits per heavy atom. The van der Waals surface area contributed by atoms with Crippen molar-refractivity contribution in [3.05, 3.63) is 41.3 Å². The van der Waals surface area contributed by atoms with Crippen molar-refractivity contribution in [2.75, 3.05) is 27.3 Å². The summed E-state index contributed by atoms with van der Waals surface area (Å²) in [5.41, 5.74) is 1.75. The van der Waals surface area contributed by atoms with Crippen molar-refractivity contribution in [1.29, 1.82) is 0 Å². The summed E-state index contributed by atoms with van der Waals surface area (Å²) in [6, 6.07) is 6.05. The van der Waals surface area contributed by atoms with Gasteiger partial charge < -0.3 is 9.64 Å². The van der Waals surface area contributed by atoms with Crippen LogP contribution in [0.25, 0.3) is 10.9 Å². The van der Waals surface area contributed by atoms with Crippen LogP contribution in [0.2, 0.25) is 0 Å². The smallest absolute Gasteiger partial charge is 0.254 e. The number of rotatable bonds is 5. The lowest BCUT2D eigenvalue weighted by atomic mass is 10.1. The van der Waals surface area contributed by atoms with E-state index >= 15 is 0 Å². The van der Waals surface area contributed by atoms with Crippen molar-refractivity contribution in [3.8, 4) is 0 Å². The van der Waals surface area contributed by atoms with Gasteiger partial charge in [-0.25, -0.2) is 4.39 Å². The van der Waals surface area contributed by atoms with Crippen molar-refractivity contribution in [2.24, 2.45) is 0 Å². The Labute approximate surface area is 123 Å². The second-order valence-corrected chi connectivity index (χ2v) is 5.05. The minimum atomic E-state index is -0.354. The number of aromatic nitrogens is 1. The summed E-state index contributed by atoms with van der Waals surface area (Å²) in [5.74, 6) is -0.444. The fourth-order valence-electron chi connectivity index (χ4n) is 2.26. The highest BCUT2D eigenvalue weighted by molar-refractivity contribution is 6.06. The van der Waals surface area contributed by atoms with E-state index in [1.54, 1.807) is 38.1 Å². The molecule has 0 bridgehead atoms. The quantitative estimate of drug-likeness (QED) is 0.795. The van der Waals surface area contributed by atoms with Crippen LogP contribution >= 0.6 is 0 Å². The zero-order valence-electron chi connectivity index (χ0n) is 12.5. The molecule has 2 rings (SSSR count). The Kier molecular flexibility index (Phi) is 4.85. The fourth-order valence-corrected chi connectivity index (χ4v) is 2.26. The van der Waals surface area contributed by atoms with Gasteiger partial charge in [0, 0.05) is 44.5 Å². The zero-order chi connectivity index (χ0) is 15.4. The molecule has 1 amide bonds. The van der Waals surface area contributed by atoms with Gasteiger partial charge in [0.05, 0.1) is 11.1 Å². The minimum absolute atomic E-state index is 0.0896. The van der Waals surface area contributed by atoms with E-state index in [0.717, 1.165) is 6.42 Å². The Morgan fingerprint density at radius 2 is 2.14 bits per heavy atom. The summed E-state index contributed by atoms with van der Waals surface area (Å²) < 4.78 is 18.3. The number of pyridine rings is 1. The van der Waals surface area contributed by atoms with Crippen LogP contribution in [-0.4, -0.2) is 43.1 Å². The van der Waals surface area contributed by atoms with E-state index in [1.807, 2.05) is 0 Å². The summed E-state index contributed by atoms with van der Waals surface area (Å²) in [6.07, 6.45) is 0.773. The summed E-state index contributed by atoms with van der Waals surface area (Å²) in [4.78, 5) is 18.5. The van der Waals surface area contributed by atoms with Gasteiger partial charge in [-0.2, -0.15) is 0 Å². The maximum Gasteiger partial charge on any atom is 0.254 e. The van der Waals surface area contributed by atoms with E-state index in [0.29, 0.717) is 35.3 Å². The first-order valence-electron chi connectivity index (χ1n) is 6.84. The number of benzene rings is 1. The molecule has 0 saturated carbocycles. The number of carbonyl (C=O) groups excluding carboxylic acids is 1. The number of nitrogens with zero attached hydrogens (tertiary/aromatic N) is 2. The average molecular weight is 290 g/mol. The highest BCUT2D eigenvalue weighted by Crippen LogP contribution is 2.20. The number of carbonyl (C=O) groups is 1. The van der Waals surface area contributed by atoms with Crippen molar-refractivity contribution >= 4 is 16.8 Å². The molecule has 1 heterocycles. The fraction of sp³-hybridized carbons (Fsp3) is 0.375. The van der Waals surface area contributed by atoms with E-state index in [9.17, 15) is 9.18 Å². The first-order chi connectivity index (χ1) is 10.0. The lowest BCUT2D eigenvalue weighted by molar-refractivity contribution is 0.0781. The van der Waals surface area contributed by atoms with Crippen LogP contribution in [-0.2, 0) is 4.74 Å². The average Bonchev–Trinajstić information content (AvgIpc) is 2.45. The van der Waals surface area contributed by atoms with E-state index in [4.69, 9.17) is 4.74 Å². The molecule has 0 aliphatic heterocycles. The molecular formula is C16H19FN2O2. The number of aryl methyl sites for hydroxylation is 1. The van der Waals surface area contributed by atoms with Crippen LogP contribution < -0.4 is 0 Å². The third kappa shape index (κ3) is 3.55. The number of amides is 1. The van der Waals surface area contributed by atoms with Gasteiger partial charge in [-0.15, -0.1) is 0 Å². The van der Waals surface area contributed by atoms with Gasteiger partial charge in [-0.1, -0.05) is 0 Å². The van der Waals surface area contributed by atoms with Gasteiger partial charge in [0.2, 0.25) is 0 Å². The predicted octanol–water partition coefficient (Wildman–Crippen LogP) is 2.79. The van der Waals surface area contributed by atoms with E-state index in [-0.39, 0.29) is 11.7 Å². The molecule has 4 nitrogen and oxygen atoms in total. The number of hydrogen-bond acceptors (Lipinski definition) is 3. The largest absolute Gasteiger partial charge is 0.385 e. The van der Waals surface area contributed by atoms with Crippen LogP contribution in [0.5, 0.6) is 0 Å². The molecule has 0 atom stereocenters. The molecule has 0 N–H and O–H groups in total. The molecule has 0 spiro atoms. The van der Waals surface area contributed by atoms with Crippen molar-refractivity contribution in [2.45, 2.75) is 13.3 Å². The molecule has 2 aromatic rings. The molecular weight excluding hydrogens is 271 g/mol. The van der Waals surface area contributed by atoms with Gasteiger partial charge in [0.25, 0.3) is 5.91 Å². The lowest BCUT2D eigenvalue weighted by Crippen LogP contribution is -2.28. The third-order valence-corrected chi connectivity index (χ3v) is 3.32. The van der Waals surface area contributed by atoms with E-state index in [1.165, 1.54) is 12.1 Å². The summed E-state index contributed by atoms with van der Waals surface area (Å²) in [6.45, 7) is 3.02. The Hall–Kier alpha value is -2.01. The van der Waals surface area contributed by atoms with Gasteiger partial charge in [-0.05, 0) is 31.5 Å². The van der Waals surface area contributed by atoms with Gasteiger partial charge in [-0.3, -0.25) is 9.78 Å². The number of hydrogen-bond donors (Lipinski definition) is 0. The van der Waals surface area contributed by atoms with Gasteiger partial charge in [0.1, 0.15) is 5.82 Å². The summed E-state index contributed by atoms with van der Waals surface area (Å²) in [5, 5.41) is 0.672. The van der Waals surface area contributed by atoms with Crippen LogP contribution in [0.3, 0.4) is 0 Å². The predicted molar refractivity (Wildman–Crippen MR) is 79.9 cm³/mol. The number of fused-ring (bicyclic) bond motifs is 1. The molecule has 0 radical (unpaired) electrons. The first kappa shape index (κ1) is 15.4. The standard InChI is InChI=1S/C16H19FN2O2/c1-11-9-14(16(20)19(2)7-4-8-21-3)13-6-5-12(17)10-15(13)18-11/h5-6,9-10H,4,7-8H2,1-3H3. The first-order valence-corrected chi connectivity index (χ1v) is 6.84. The van der Waals surface area contributed by atoms with Crippen LogP contribution in [0, 0.1) is 12.7 Å². The second-order valence-electron chi connectivity index (χ2n) is 5.05. The maximum absolute atomic E-state index is 13.3. The minimum Gasteiger partial charge on any atom is -0.385 e. The SMILES string of the molecule is COCCCN(C)C(=O)c1cc(C)nc2cc(F)ccc12. The normalized spacial score (nSPS) is 10.9. The monoisotopic (exact) mass is 290 g/mol. The van der Waals surface area contributed by atoms with Crippen LogP contribution in [0.15, 0.2) is 24.3 Å². The molecule has 0 saturated heterocycles. The molecule has 5 heteroatoms. The van der Waals surface area contributed by atoms with Crippen LogP contribution in [0.4, 0.5) is 4.39 Å².